The van der Waals surface area contributed by atoms with Gasteiger partial charge in [-0.15, -0.1) is 0 Å². The van der Waals surface area contributed by atoms with Crippen LogP contribution < -0.4 is 5.32 Å². The summed E-state index contributed by atoms with van der Waals surface area (Å²) in [6, 6.07) is 0. The van der Waals surface area contributed by atoms with Crippen LogP contribution in [-0.2, 0) is 27.9 Å². The minimum atomic E-state index is -4.40. The molecule has 0 fully saturated rings. The van der Waals surface area contributed by atoms with Crippen LogP contribution in [0, 0.1) is 0 Å². The highest BCUT2D eigenvalue weighted by Gasteiger charge is 2.23. The Hall–Kier alpha value is -0.990. The molecule has 1 amide bonds. The molecule has 0 aromatic carbocycles. The number of hydrogen-bond acceptors (Lipinski definition) is 7. The molecule has 0 aliphatic heterocycles. The van der Waals surface area contributed by atoms with Gasteiger partial charge in [-0.05, 0) is 12.8 Å². The number of phosphoric ester groups is 1. The van der Waals surface area contributed by atoms with Gasteiger partial charge in [-0.1, -0.05) is 200 Å². The first-order chi connectivity index (χ1) is 25.3. The molecule has 2 atom stereocenters. The summed E-state index contributed by atoms with van der Waals surface area (Å²) in [6.07, 6.45) is 39.0. The number of rotatable bonds is 42. The maximum absolute atomic E-state index is 12.1. The van der Waals surface area contributed by atoms with E-state index in [2.05, 4.69) is 19.2 Å². The molecule has 0 aromatic heterocycles. The number of aliphatic hydroxyl groups is 1. The number of unbranched alkanes of at least 4 members (excludes halogenated alkanes) is 29. The average Bonchev–Trinajstić information content (AvgIpc) is 3.13. The van der Waals surface area contributed by atoms with Gasteiger partial charge in [0.05, 0.1) is 13.2 Å². The Balaban J connectivity index is 3.52. The van der Waals surface area contributed by atoms with Gasteiger partial charge in [0.25, 0.3) is 0 Å². The zero-order valence-corrected chi connectivity index (χ0v) is 34.9. The SMILES string of the molecule is CCCCCCCCCCCCCCCCCCCCCCCC(=O)OCC(O)COP(=O)(O)OCCNC(=O)CCCCCCCCCCCC. The lowest BCUT2D eigenvalue weighted by Gasteiger charge is -2.15. The van der Waals surface area contributed by atoms with Crippen molar-refractivity contribution in [1.82, 2.24) is 5.32 Å². The Bertz CT molecular complexity index is 830. The van der Waals surface area contributed by atoms with Gasteiger partial charge >= 0.3 is 13.8 Å². The fraction of sp³-hybridized carbons (Fsp3) is 0.952. The molecule has 0 spiro atoms. The highest BCUT2D eigenvalue weighted by Crippen LogP contribution is 2.42. The van der Waals surface area contributed by atoms with Crippen molar-refractivity contribution in [1.29, 1.82) is 0 Å². The lowest BCUT2D eigenvalue weighted by Crippen LogP contribution is -2.27. The van der Waals surface area contributed by atoms with E-state index in [1.807, 2.05) is 0 Å². The largest absolute Gasteiger partial charge is 0.472 e. The zero-order chi connectivity index (χ0) is 38.2. The first-order valence-corrected chi connectivity index (χ1v) is 23.5. The molecule has 3 N–H and O–H groups in total. The van der Waals surface area contributed by atoms with Gasteiger partial charge < -0.3 is 20.1 Å². The van der Waals surface area contributed by atoms with E-state index in [0.29, 0.717) is 12.8 Å². The summed E-state index contributed by atoms with van der Waals surface area (Å²) in [4.78, 5) is 33.8. The van der Waals surface area contributed by atoms with Crippen LogP contribution in [0.2, 0.25) is 0 Å². The van der Waals surface area contributed by atoms with Crippen LogP contribution in [0.5, 0.6) is 0 Å². The summed E-state index contributed by atoms with van der Waals surface area (Å²) >= 11 is 0. The quantitative estimate of drug-likeness (QED) is 0.0318. The standard InChI is InChI=1S/C42H84NO8P/c1-3-5-7-9-11-13-15-16-17-18-19-20-21-22-23-24-25-27-29-31-33-35-42(46)49-38-40(44)39-51-52(47,48)50-37-36-43-41(45)34-32-30-28-26-14-12-10-8-6-4-2/h40,44H,3-39H2,1-2H3,(H,43,45)(H,47,48). The van der Waals surface area contributed by atoms with E-state index in [0.717, 1.165) is 38.5 Å². The van der Waals surface area contributed by atoms with Crippen molar-refractivity contribution in [2.45, 2.75) is 232 Å². The summed E-state index contributed by atoms with van der Waals surface area (Å²) in [5, 5.41) is 12.7. The summed E-state index contributed by atoms with van der Waals surface area (Å²) < 4.78 is 26.8. The van der Waals surface area contributed by atoms with Crippen molar-refractivity contribution < 1.29 is 37.9 Å². The molecule has 0 saturated heterocycles. The molecule has 0 radical (unpaired) electrons. The Morgan fingerprint density at radius 1 is 0.519 bits per heavy atom. The molecule has 310 valence electrons. The van der Waals surface area contributed by atoms with Gasteiger partial charge in [0.2, 0.25) is 5.91 Å². The Morgan fingerprint density at radius 3 is 1.25 bits per heavy atom. The van der Waals surface area contributed by atoms with Crippen LogP contribution in [0.15, 0.2) is 0 Å². The molecule has 0 saturated carbocycles. The van der Waals surface area contributed by atoms with Crippen LogP contribution in [0.25, 0.3) is 0 Å². The van der Waals surface area contributed by atoms with E-state index in [9.17, 15) is 24.2 Å². The van der Waals surface area contributed by atoms with Gasteiger partial charge in [-0.2, -0.15) is 0 Å². The number of aliphatic hydroxyl groups excluding tert-OH is 1. The van der Waals surface area contributed by atoms with Crippen LogP contribution in [0.1, 0.15) is 226 Å². The van der Waals surface area contributed by atoms with Crippen molar-refractivity contribution >= 4 is 19.7 Å². The maximum atomic E-state index is 12.1. The second kappa shape index (κ2) is 39.7. The van der Waals surface area contributed by atoms with E-state index in [4.69, 9.17) is 13.8 Å². The number of hydrogen-bond donors (Lipinski definition) is 3. The Morgan fingerprint density at radius 2 is 0.865 bits per heavy atom. The third-order valence-corrected chi connectivity index (χ3v) is 10.8. The third-order valence-electron chi connectivity index (χ3n) is 9.79. The predicted molar refractivity (Wildman–Crippen MR) is 215 cm³/mol. The molecule has 52 heavy (non-hydrogen) atoms. The monoisotopic (exact) mass is 762 g/mol. The van der Waals surface area contributed by atoms with E-state index in [1.165, 1.54) is 161 Å². The topological polar surface area (TPSA) is 131 Å². The average molecular weight is 762 g/mol. The predicted octanol–water partition coefficient (Wildman–Crippen LogP) is 12.1. The highest BCUT2D eigenvalue weighted by atomic mass is 31.2. The first kappa shape index (κ1) is 51.0. The molecule has 0 aromatic rings. The van der Waals surface area contributed by atoms with Gasteiger partial charge in [0.15, 0.2) is 0 Å². The van der Waals surface area contributed by atoms with E-state index >= 15 is 0 Å². The number of ether oxygens (including phenoxy) is 1. The van der Waals surface area contributed by atoms with Crippen LogP contribution in [0.3, 0.4) is 0 Å². The number of amides is 1. The molecule has 0 heterocycles. The van der Waals surface area contributed by atoms with Gasteiger partial charge in [-0.25, -0.2) is 4.57 Å². The van der Waals surface area contributed by atoms with Gasteiger partial charge in [0.1, 0.15) is 12.7 Å². The molecule has 10 heteroatoms. The van der Waals surface area contributed by atoms with Gasteiger partial charge in [0, 0.05) is 19.4 Å². The molecular formula is C42H84NO8P. The molecule has 0 aliphatic carbocycles. The molecular weight excluding hydrogens is 677 g/mol. The van der Waals surface area contributed by atoms with E-state index in [-0.39, 0.29) is 25.7 Å². The van der Waals surface area contributed by atoms with Gasteiger partial charge in [-0.3, -0.25) is 18.6 Å². The molecule has 9 nitrogen and oxygen atoms in total. The third kappa shape index (κ3) is 40.2. The Kier molecular flexibility index (Phi) is 38.9. The number of carbonyl (C=O) groups excluding carboxylic acids is 2. The van der Waals surface area contributed by atoms with E-state index in [1.54, 1.807) is 0 Å². The number of esters is 1. The first-order valence-electron chi connectivity index (χ1n) is 22.0. The highest BCUT2D eigenvalue weighted by molar-refractivity contribution is 7.47. The number of carbonyl (C=O) groups is 2. The van der Waals surface area contributed by atoms with Crippen molar-refractivity contribution in [3.8, 4) is 0 Å². The summed E-state index contributed by atoms with van der Waals surface area (Å²) in [5.41, 5.74) is 0. The lowest BCUT2D eigenvalue weighted by molar-refractivity contribution is -0.147. The van der Waals surface area contributed by atoms with Crippen LogP contribution in [-0.4, -0.2) is 54.3 Å². The maximum Gasteiger partial charge on any atom is 0.472 e. The molecule has 0 rings (SSSR count). The van der Waals surface area contributed by atoms with Crippen LogP contribution in [0.4, 0.5) is 0 Å². The van der Waals surface area contributed by atoms with E-state index < -0.39 is 26.5 Å². The van der Waals surface area contributed by atoms with Crippen molar-refractivity contribution in [2.24, 2.45) is 0 Å². The van der Waals surface area contributed by atoms with Crippen LogP contribution >= 0.6 is 7.82 Å². The fourth-order valence-corrected chi connectivity index (χ4v) is 7.20. The van der Waals surface area contributed by atoms with Crippen molar-refractivity contribution in [2.75, 3.05) is 26.4 Å². The normalized spacial score (nSPS) is 13.2. The molecule has 2 unspecified atom stereocenters. The minimum Gasteiger partial charge on any atom is -0.463 e. The Labute approximate surface area is 320 Å². The van der Waals surface area contributed by atoms with Crippen molar-refractivity contribution in [3.63, 3.8) is 0 Å². The lowest BCUT2D eigenvalue weighted by atomic mass is 10.0. The summed E-state index contributed by atoms with van der Waals surface area (Å²) in [7, 11) is -4.40. The second-order valence-electron chi connectivity index (χ2n) is 15.0. The number of phosphoric acid groups is 1. The second-order valence-corrected chi connectivity index (χ2v) is 16.5. The number of nitrogens with one attached hydrogen (secondary N) is 1. The summed E-state index contributed by atoms with van der Waals surface area (Å²) in [5.74, 6) is -0.506. The smallest absolute Gasteiger partial charge is 0.463 e. The molecule has 0 bridgehead atoms. The molecule has 0 aliphatic rings. The summed E-state index contributed by atoms with van der Waals surface area (Å²) in [6.45, 7) is 3.58. The van der Waals surface area contributed by atoms with Crippen molar-refractivity contribution in [3.05, 3.63) is 0 Å². The minimum absolute atomic E-state index is 0.0875. The zero-order valence-electron chi connectivity index (χ0n) is 34.0. The fourth-order valence-electron chi connectivity index (χ4n) is 6.44.